The summed E-state index contributed by atoms with van der Waals surface area (Å²) >= 11 is 0. The zero-order valence-corrected chi connectivity index (χ0v) is 14.0. The molecule has 0 bridgehead atoms. The third-order valence-electron chi connectivity index (χ3n) is 4.52. The van der Waals surface area contributed by atoms with Gasteiger partial charge in [-0.2, -0.15) is 0 Å². The first-order valence-electron chi connectivity index (χ1n) is 8.36. The van der Waals surface area contributed by atoms with Crippen molar-refractivity contribution in [2.45, 2.75) is 31.5 Å². The van der Waals surface area contributed by atoms with Gasteiger partial charge in [0.15, 0.2) is 0 Å². The van der Waals surface area contributed by atoms with E-state index in [2.05, 4.69) is 10.6 Å². The Morgan fingerprint density at radius 2 is 2.04 bits per heavy atom. The molecule has 5 N–H and O–H groups in total. The predicted molar refractivity (Wildman–Crippen MR) is 89.9 cm³/mol. The van der Waals surface area contributed by atoms with Gasteiger partial charge in [-0.3, -0.25) is 29.4 Å². The van der Waals surface area contributed by atoms with Crippen LogP contribution in [-0.4, -0.2) is 58.9 Å². The van der Waals surface area contributed by atoms with Crippen LogP contribution < -0.4 is 16.4 Å². The van der Waals surface area contributed by atoms with E-state index in [1.54, 1.807) is 18.2 Å². The molecule has 1 unspecified atom stereocenters. The van der Waals surface area contributed by atoms with Crippen molar-refractivity contribution >= 4 is 23.6 Å². The highest BCUT2D eigenvalue weighted by Gasteiger charge is 2.45. The number of aliphatic hydroxyl groups is 1. The maximum absolute atomic E-state index is 12.9. The first-order chi connectivity index (χ1) is 12.4. The van der Waals surface area contributed by atoms with Crippen LogP contribution in [-0.2, 0) is 16.1 Å². The molecule has 2 atom stereocenters. The summed E-state index contributed by atoms with van der Waals surface area (Å²) in [6.07, 6.45) is -0.509. The molecule has 9 nitrogen and oxygen atoms in total. The predicted octanol–water partition coefficient (Wildman–Crippen LogP) is -1.50. The number of carbonyl (C=O) groups is 4. The summed E-state index contributed by atoms with van der Waals surface area (Å²) in [6.45, 7) is 0.627. The Morgan fingerprint density at radius 1 is 1.27 bits per heavy atom. The lowest BCUT2D eigenvalue weighted by Gasteiger charge is -2.27. The topological polar surface area (TPSA) is 142 Å². The van der Waals surface area contributed by atoms with E-state index in [-0.39, 0.29) is 43.6 Å². The van der Waals surface area contributed by atoms with Crippen LogP contribution in [0.4, 0.5) is 0 Å². The molecule has 1 fully saturated rings. The number of fused-ring (bicyclic) bond motifs is 1. The summed E-state index contributed by atoms with van der Waals surface area (Å²) in [5, 5.41) is 14.7. The maximum atomic E-state index is 12.9. The molecule has 2 heterocycles. The number of nitrogens with one attached hydrogen (secondary N) is 2. The van der Waals surface area contributed by atoms with Crippen LogP contribution in [0.15, 0.2) is 18.2 Å². The van der Waals surface area contributed by atoms with Crippen LogP contribution in [0.5, 0.6) is 0 Å². The second-order valence-electron chi connectivity index (χ2n) is 6.31. The van der Waals surface area contributed by atoms with E-state index < -0.39 is 35.8 Å². The average molecular weight is 360 g/mol. The first kappa shape index (κ1) is 18.2. The van der Waals surface area contributed by atoms with Gasteiger partial charge < -0.3 is 16.2 Å². The fraction of sp³-hybridized carbons (Fsp3) is 0.412. The van der Waals surface area contributed by atoms with E-state index in [1.165, 1.54) is 0 Å². The number of imide groups is 2. The molecule has 9 heteroatoms. The normalized spacial score (nSPS) is 21.0. The van der Waals surface area contributed by atoms with Gasteiger partial charge in [0.1, 0.15) is 6.04 Å². The number of nitrogens with two attached hydrogens (primary N) is 1. The average Bonchev–Trinajstić information content (AvgIpc) is 2.87. The van der Waals surface area contributed by atoms with Gasteiger partial charge in [-0.1, -0.05) is 12.1 Å². The Hall–Kier alpha value is -2.62. The standard InChI is InChI=1S/C17H20N4O5/c18-6-10(22)8-19-7-9-2-1-3-11-14(9)17(26)21(16(11)25)12-4-5-13(23)20-15(12)24/h1-3,10,12,19,22H,4-8,18H2,(H,20,23,24)/t10-,12?/m1/s1. The van der Waals surface area contributed by atoms with Crippen molar-refractivity contribution in [2.24, 2.45) is 5.73 Å². The molecule has 1 aromatic rings. The minimum absolute atomic E-state index is 0.0786. The van der Waals surface area contributed by atoms with Crippen molar-refractivity contribution in [3.05, 3.63) is 34.9 Å². The third-order valence-corrected chi connectivity index (χ3v) is 4.52. The second kappa shape index (κ2) is 7.32. The Morgan fingerprint density at radius 3 is 2.73 bits per heavy atom. The molecule has 138 valence electrons. The lowest BCUT2D eigenvalue weighted by Crippen LogP contribution is -2.54. The number of amides is 4. The molecule has 3 rings (SSSR count). The molecule has 26 heavy (non-hydrogen) atoms. The Bertz CT molecular complexity index is 778. The number of carbonyl (C=O) groups excluding carboxylic acids is 4. The molecule has 0 aromatic heterocycles. The molecule has 4 amide bonds. The van der Waals surface area contributed by atoms with E-state index in [4.69, 9.17) is 5.73 Å². The van der Waals surface area contributed by atoms with Crippen LogP contribution in [0.2, 0.25) is 0 Å². The summed E-state index contributed by atoms with van der Waals surface area (Å²) in [4.78, 5) is 49.8. The van der Waals surface area contributed by atoms with Crippen molar-refractivity contribution in [3.63, 3.8) is 0 Å². The van der Waals surface area contributed by atoms with E-state index >= 15 is 0 Å². The van der Waals surface area contributed by atoms with Gasteiger partial charge in [0.05, 0.1) is 17.2 Å². The Balaban J connectivity index is 1.82. The summed E-state index contributed by atoms with van der Waals surface area (Å²) in [6, 6.07) is 3.92. The maximum Gasteiger partial charge on any atom is 0.262 e. The number of hydrogen-bond acceptors (Lipinski definition) is 7. The molecular formula is C17H20N4O5. The highest BCUT2D eigenvalue weighted by Crippen LogP contribution is 2.29. The summed E-state index contributed by atoms with van der Waals surface area (Å²) < 4.78 is 0. The second-order valence-corrected chi connectivity index (χ2v) is 6.31. The zero-order chi connectivity index (χ0) is 18.8. The van der Waals surface area contributed by atoms with Gasteiger partial charge in [0.25, 0.3) is 11.8 Å². The monoisotopic (exact) mass is 360 g/mol. The summed E-state index contributed by atoms with van der Waals surface area (Å²) in [5.74, 6) is -2.13. The Labute approximate surface area is 149 Å². The molecule has 1 saturated heterocycles. The first-order valence-corrected chi connectivity index (χ1v) is 8.36. The third kappa shape index (κ3) is 3.24. The van der Waals surface area contributed by atoms with E-state index in [9.17, 15) is 24.3 Å². The van der Waals surface area contributed by atoms with Gasteiger partial charge in [-0.25, -0.2) is 0 Å². The van der Waals surface area contributed by atoms with Crippen LogP contribution in [0, 0.1) is 0 Å². The lowest BCUT2D eigenvalue weighted by atomic mass is 10.0. The SMILES string of the molecule is NC[C@@H](O)CNCc1cccc2c1C(=O)N(C1CCC(=O)NC1=O)C2=O. The number of piperidine rings is 1. The molecule has 1 aromatic carbocycles. The van der Waals surface area contributed by atoms with E-state index in [0.717, 1.165) is 4.90 Å². The number of hydrogen-bond donors (Lipinski definition) is 4. The number of nitrogens with zero attached hydrogens (tertiary/aromatic N) is 1. The van der Waals surface area contributed by atoms with Crippen LogP contribution in [0.25, 0.3) is 0 Å². The van der Waals surface area contributed by atoms with Gasteiger partial charge in [0, 0.05) is 26.1 Å². The minimum Gasteiger partial charge on any atom is -0.390 e. The highest BCUT2D eigenvalue weighted by atomic mass is 16.3. The molecular weight excluding hydrogens is 340 g/mol. The smallest absolute Gasteiger partial charge is 0.262 e. The molecule has 0 aliphatic carbocycles. The minimum atomic E-state index is -0.986. The Kier molecular flexibility index (Phi) is 5.12. The lowest BCUT2D eigenvalue weighted by molar-refractivity contribution is -0.136. The number of rotatable bonds is 6. The molecule has 0 radical (unpaired) electrons. The molecule has 0 saturated carbocycles. The van der Waals surface area contributed by atoms with Crippen molar-refractivity contribution in [3.8, 4) is 0 Å². The van der Waals surface area contributed by atoms with E-state index in [0.29, 0.717) is 5.56 Å². The van der Waals surface area contributed by atoms with Crippen molar-refractivity contribution in [1.29, 1.82) is 0 Å². The van der Waals surface area contributed by atoms with Crippen molar-refractivity contribution < 1.29 is 24.3 Å². The molecule has 2 aliphatic heterocycles. The van der Waals surface area contributed by atoms with Crippen LogP contribution in [0.3, 0.4) is 0 Å². The van der Waals surface area contributed by atoms with Crippen molar-refractivity contribution in [2.75, 3.05) is 13.1 Å². The van der Waals surface area contributed by atoms with Gasteiger partial charge in [-0.05, 0) is 18.1 Å². The number of benzene rings is 1. The van der Waals surface area contributed by atoms with Gasteiger partial charge >= 0.3 is 0 Å². The fourth-order valence-electron chi connectivity index (χ4n) is 3.19. The summed E-state index contributed by atoms with van der Waals surface area (Å²) in [5.41, 5.74) is 6.43. The van der Waals surface area contributed by atoms with Crippen molar-refractivity contribution in [1.82, 2.24) is 15.5 Å². The summed E-state index contributed by atoms with van der Waals surface area (Å²) in [7, 11) is 0. The van der Waals surface area contributed by atoms with Gasteiger partial charge in [-0.15, -0.1) is 0 Å². The zero-order valence-electron chi connectivity index (χ0n) is 14.0. The molecule has 0 spiro atoms. The van der Waals surface area contributed by atoms with Gasteiger partial charge in [0.2, 0.25) is 11.8 Å². The quantitative estimate of drug-likeness (QED) is 0.452. The highest BCUT2D eigenvalue weighted by molar-refractivity contribution is 6.24. The molecule has 2 aliphatic rings. The van der Waals surface area contributed by atoms with Crippen LogP contribution in [0.1, 0.15) is 39.1 Å². The largest absolute Gasteiger partial charge is 0.390 e. The fourth-order valence-corrected chi connectivity index (χ4v) is 3.19. The van der Waals surface area contributed by atoms with E-state index in [1.807, 2.05) is 0 Å². The van der Waals surface area contributed by atoms with Crippen LogP contribution >= 0.6 is 0 Å². The number of aliphatic hydroxyl groups excluding tert-OH is 1.